The molecule has 0 radical (unpaired) electrons. The average molecular weight is 405 g/mol. The van der Waals surface area contributed by atoms with Crippen LogP contribution in [-0.2, 0) is 22.6 Å². The maximum Gasteiger partial charge on any atom is 0.308 e. The molecular formula is C25H27NO4. The monoisotopic (exact) mass is 405 g/mol. The van der Waals surface area contributed by atoms with Crippen molar-refractivity contribution in [2.75, 3.05) is 6.54 Å². The molecule has 2 N–H and O–H groups in total. The number of hydrogen-bond acceptors (Lipinski definition) is 3. The quantitative estimate of drug-likeness (QED) is 0.552. The van der Waals surface area contributed by atoms with Crippen molar-refractivity contribution in [3.05, 3.63) is 77.9 Å². The van der Waals surface area contributed by atoms with Gasteiger partial charge in [-0.05, 0) is 39.9 Å². The predicted molar refractivity (Wildman–Crippen MR) is 117 cm³/mol. The molecule has 1 atom stereocenters. The van der Waals surface area contributed by atoms with Crippen molar-refractivity contribution < 1.29 is 19.4 Å². The largest absolute Gasteiger partial charge is 0.489 e. The number of nitrogens with one attached hydrogen (secondary N) is 1. The number of rotatable bonds is 9. The number of hydrogen-bond donors (Lipinski definition) is 2. The fourth-order valence-corrected chi connectivity index (χ4v) is 3.36. The van der Waals surface area contributed by atoms with E-state index in [9.17, 15) is 14.7 Å². The lowest BCUT2D eigenvalue weighted by Crippen LogP contribution is -2.36. The van der Waals surface area contributed by atoms with Crippen LogP contribution >= 0.6 is 0 Å². The first-order valence-corrected chi connectivity index (χ1v) is 10.1. The van der Waals surface area contributed by atoms with Gasteiger partial charge in [0.25, 0.3) is 0 Å². The van der Waals surface area contributed by atoms with Gasteiger partial charge in [-0.1, -0.05) is 68.4 Å². The highest BCUT2D eigenvalue weighted by Crippen LogP contribution is 2.21. The molecule has 156 valence electrons. The van der Waals surface area contributed by atoms with E-state index in [0.717, 1.165) is 16.9 Å². The molecule has 0 heterocycles. The number of amides is 1. The molecule has 30 heavy (non-hydrogen) atoms. The summed E-state index contributed by atoms with van der Waals surface area (Å²) in [4.78, 5) is 23.4. The van der Waals surface area contributed by atoms with Crippen LogP contribution in [0, 0.1) is 11.8 Å². The van der Waals surface area contributed by atoms with Gasteiger partial charge in [0.1, 0.15) is 12.4 Å². The maximum atomic E-state index is 12.1. The van der Waals surface area contributed by atoms with Crippen LogP contribution in [-0.4, -0.2) is 23.5 Å². The van der Waals surface area contributed by atoms with E-state index in [1.807, 2.05) is 56.3 Å². The Hall–Kier alpha value is -3.34. The molecule has 0 aliphatic heterocycles. The summed E-state index contributed by atoms with van der Waals surface area (Å²) in [5, 5.41) is 14.3. The summed E-state index contributed by atoms with van der Waals surface area (Å²) in [7, 11) is 0. The Bertz CT molecular complexity index is 1010. The third kappa shape index (κ3) is 5.60. The average Bonchev–Trinajstić information content (AvgIpc) is 2.73. The van der Waals surface area contributed by atoms with Gasteiger partial charge in [-0.15, -0.1) is 0 Å². The summed E-state index contributed by atoms with van der Waals surface area (Å²) in [6, 6.07) is 21.8. The van der Waals surface area contributed by atoms with E-state index in [2.05, 4.69) is 29.6 Å². The lowest BCUT2D eigenvalue weighted by Gasteiger charge is -2.16. The van der Waals surface area contributed by atoms with Gasteiger partial charge in [0.2, 0.25) is 5.91 Å². The summed E-state index contributed by atoms with van der Waals surface area (Å²) < 4.78 is 5.93. The van der Waals surface area contributed by atoms with Crippen LogP contribution in [0.2, 0.25) is 0 Å². The van der Waals surface area contributed by atoms with Gasteiger partial charge in [0.05, 0.1) is 12.3 Å². The van der Waals surface area contributed by atoms with E-state index >= 15 is 0 Å². The Labute approximate surface area is 176 Å². The molecule has 5 heteroatoms. The zero-order chi connectivity index (χ0) is 21.5. The summed E-state index contributed by atoms with van der Waals surface area (Å²) in [6.45, 7) is 4.27. The van der Waals surface area contributed by atoms with Crippen molar-refractivity contribution in [3.63, 3.8) is 0 Å². The van der Waals surface area contributed by atoms with Crippen molar-refractivity contribution in [1.29, 1.82) is 0 Å². The molecular weight excluding hydrogens is 378 g/mol. The van der Waals surface area contributed by atoms with E-state index in [-0.39, 0.29) is 24.8 Å². The summed E-state index contributed by atoms with van der Waals surface area (Å²) in [5.74, 6) is -0.970. The SMILES string of the molecule is CC(C)C(CNC(=O)Cc1ccc(OCc2cccc3ccccc23)cc1)C(=O)O. The van der Waals surface area contributed by atoms with Gasteiger partial charge >= 0.3 is 5.97 Å². The molecule has 1 amide bonds. The molecule has 5 nitrogen and oxygen atoms in total. The fourth-order valence-electron chi connectivity index (χ4n) is 3.36. The minimum atomic E-state index is -0.891. The van der Waals surface area contributed by atoms with E-state index < -0.39 is 11.9 Å². The van der Waals surface area contributed by atoms with Crippen molar-refractivity contribution in [3.8, 4) is 5.75 Å². The molecule has 0 spiro atoms. The van der Waals surface area contributed by atoms with Crippen molar-refractivity contribution in [1.82, 2.24) is 5.32 Å². The van der Waals surface area contributed by atoms with Crippen LogP contribution in [0.1, 0.15) is 25.0 Å². The summed E-state index contributed by atoms with van der Waals surface area (Å²) >= 11 is 0. The number of fused-ring (bicyclic) bond motifs is 1. The molecule has 3 rings (SSSR count). The fraction of sp³-hybridized carbons (Fsp3) is 0.280. The summed E-state index contributed by atoms with van der Waals surface area (Å²) in [5.41, 5.74) is 1.97. The number of carboxylic acids is 1. The Morgan fingerprint density at radius 2 is 1.67 bits per heavy atom. The van der Waals surface area contributed by atoms with Crippen molar-refractivity contribution in [2.45, 2.75) is 26.9 Å². The number of carbonyl (C=O) groups excluding carboxylic acids is 1. The first kappa shape index (κ1) is 21.4. The number of benzene rings is 3. The molecule has 0 bridgehead atoms. The maximum absolute atomic E-state index is 12.1. The minimum Gasteiger partial charge on any atom is -0.489 e. The molecule has 3 aromatic rings. The number of carboxylic acid groups (broad SMARTS) is 1. The van der Waals surface area contributed by atoms with Gasteiger partial charge in [-0.3, -0.25) is 9.59 Å². The molecule has 0 saturated carbocycles. The van der Waals surface area contributed by atoms with Crippen LogP contribution in [0.3, 0.4) is 0 Å². The molecule has 0 saturated heterocycles. The van der Waals surface area contributed by atoms with Gasteiger partial charge < -0.3 is 15.2 Å². The van der Waals surface area contributed by atoms with Crippen LogP contribution < -0.4 is 10.1 Å². The minimum absolute atomic E-state index is 0.0408. The Balaban J connectivity index is 1.53. The van der Waals surface area contributed by atoms with Gasteiger partial charge in [0, 0.05) is 6.54 Å². The third-order valence-corrected chi connectivity index (χ3v) is 5.20. The van der Waals surface area contributed by atoms with Crippen LogP contribution in [0.25, 0.3) is 10.8 Å². The number of aliphatic carboxylic acids is 1. The first-order chi connectivity index (χ1) is 14.4. The van der Waals surface area contributed by atoms with Crippen LogP contribution in [0.4, 0.5) is 0 Å². The molecule has 0 fully saturated rings. The molecule has 1 unspecified atom stereocenters. The normalized spacial score (nSPS) is 12.0. The number of ether oxygens (including phenoxy) is 1. The highest BCUT2D eigenvalue weighted by atomic mass is 16.5. The van der Waals surface area contributed by atoms with Crippen LogP contribution in [0.15, 0.2) is 66.7 Å². The van der Waals surface area contributed by atoms with Crippen molar-refractivity contribution in [2.24, 2.45) is 11.8 Å². The predicted octanol–water partition coefficient (Wildman–Crippen LogP) is 4.43. The van der Waals surface area contributed by atoms with E-state index in [1.165, 1.54) is 10.8 Å². The molecule has 0 aliphatic rings. The molecule has 0 aromatic heterocycles. The summed E-state index contributed by atoms with van der Waals surface area (Å²) in [6.07, 6.45) is 0.202. The zero-order valence-electron chi connectivity index (χ0n) is 17.3. The Morgan fingerprint density at radius 3 is 2.37 bits per heavy atom. The zero-order valence-corrected chi connectivity index (χ0v) is 17.3. The highest BCUT2D eigenvalue weighted by Gasteiger charge is 2.21. The second kappa shape index (κ2) is 9.92. The second-order valence-electron chi connectivity index (χ2n) is 7.74. The van der Waals surface area contributed by atoms with E-state index in [4.69, 9.17) is 4.74 Å². The van der Waals surface area contributed by atoms with E-state index in [0.29, 0.717) is 6.61 Å². The second-order valence-corrected chi connectivity index (χ2v) is 7.74. The van der Waals surface area contributed by atoms with Gasteiger partial charge in [0.15, 0.2) is 0 Å². The highest BCUT2D eigenvalue weighted by molar-refractivity contribution is 5.85. The molecule has 0 aliphatic carbocycles. The van der Waals surface area contributed by atoms with Crippen molar-refractivity contribution >= 4 is 22.6 Å². The van der Waals surface area contributed by atoms with Gasteiger partial charge in [-0.2, -0.15) is 0 Å². The lowest BCUT2D eigenvalue weighted by molar-refractivity contribution is -0.143. The molecule has 3 aromatic carbocycles. The van der Waals surface area contributed by atoms with Gasteiger partial charge in [-0.25, -0.2) is 0 Å². The first-order valence-electron chi connectivity index (χ1n) is 10.1. The van der Waals surface area contributed by atoms with E-state index in [1.54, 1.807) is 0 Å². The third-order valence-electron chi connectivity index (χ3n) is 5.20. The number of carbonyl (C=O) groups is 2. The Morgan fingerprint density at radius 1 is 0.967 bits per heavy atom. The smallest absolute Gasteiger partial charge is 0.308 e. The topological polar surface area (TPSA) is 75.6 Å². The standard InChI is InChI=1S/C25H27NO4/c1-17(2)23(25(28)29)15-26-24(27)14-18-10-12-21(13-11-18)30-16-20-8-5-7-19-6-3-4-9-22(19)20/h3-13,17,23H,14-16H2,1-2H3,(H,26,27)(H,28,29). The Kier molecular flexibility index (Phi) is 7.07. The lowest BCUT2D eigenvalue weighted by atomic mass is 9.96. The van der Waals surface area contributed by atoms with Crippen LogP contribution in [0.5, 0.6) is 5.75 Å².